The van der Waals surface area contributed by atoms with Gasteiger partial charge in [-0.2, -0.15) is 0 Å². The summed E-state index contributed by atoms with van der Waals surface area (Å²) in [5.74, 6) is -0.00465. The summed E-state index contributed by atoms with van der Waals surface area (Å²) >= 11 is 0. The van der Waals surface area contributed by atoms with E-state index >= 15 is 0 Å². The van der Waals surface area contributed by atoms with Crippen LogP contribution in [-0.2, 0) is 33.2 Å². The summed E-state index contributed by atoms with van der Waals surface area (Å²) in [6, 6.07) is 0. The van der Waals surface area contributed by atoms with E-state index in [1.165, 1.54) is 0 Å². The third kappa shape index (κ3) is 10.2. The average molecular weight is 439 g/mol. The first-order valence-corrected chi connectivity index (χ1v) is 10.9. The van der Waals surface area contributed by atoms with Gasteiger partial charge in [-0.05, 0) is 0 Å². The smallest absolute Gasteiger partial charge is 0.108 e. The zero-order valence-electron chi connectivity index (χ0n) is 18.5. The summed E-state index contributed by atoms with van der Waals surface area (Å²) in [5, 5.41) is 0. The molecule has 2 fully saturated rings. The predicted molar refractivity (Wildman–Crippen MR) is 119 cm³/mol. The number of hydrogen-bond donors (Lipinski definition) is 0. The van der Waals surface area contributed by atoms with Crippen LogP contribution in [0.3, 0.4) is 0 Å². The second-order valence-electron chi connectivity index (χ2n) is 7.63. The Bertz CT molecular complexity index is 456. The second kappa shape index (κ2) is 15.5. The van der Waals surface area contributed by atoms with Crippen LogP contribution >= 0.6 is 0 Å². The van der Waals surface area contributed by atoms with Crippen molar-refractivity contribution in [2.45, 2.75) is 24.4 Å². The number of epoxide rings is 2. The van der Waals surface area contributed by atoms with E-state index in [0.717, 1.165) is 0 Å². The second-order valence-corrected chi connectivity index (χ2v) is 7.63. The van der Waals surface area contributed by atoms with Crippen molar-refractivity contribution in [3.63, 3.8) is 0 Å². The van der Waals surface area contributed by atoms with E-state index in [1.54, 1.807) is 24.3 Å². The zero-order valence-corrected chi connectivity index (χ0v) is 18.5. The molecule has 0 aliphatic carbocycles. The van der Waals surface area contributed by atoms with Crippen molar-refractivity contribution >= 4 is 0 Å². The minimum atomic E-state index is -0.190. The quantitative estimate of drug-likeness (QED) is 0.146. The molecule has 0 bridgehead atoms. The van der Waals surface area contributed by atoms with Gasteiger partial charge in [-0.1, -0.05) is 24.3 Å². The molecule has 0 radical (unpaired) electrons. The predicted octanol–water partition coefficient (Wildman–Crippen LogP) is 2.58. The molecule has 0 aromatic rings. The molecule has 31 heavy (non-hydrogen) atoms. The first kappa shape index (κ1) is 25.9. The molecule has 0 aromatic heterocycles. The highest BCUT2D eigenvalue weighted by Gasteiger charge is 2.46. The molecule has 7 heteroatoms. The van der Waals surface area contributed by atoms with Gasteiger partial charge in [0.05, 0.1) is 78.3 Å². The van der Waals surface area contributed by atoms with Crippen molar-refractivity contribution in [3.05, 3.63) is 50.6 Å². The SMILES string of the molecule is C=CCOCC(COCC=C)C(OC(C(COCC=C)COCC=C)C1CO1)C1CO1. The fourth-order valence-electron chi connectivity index (χ4n) is 3.36. The molecule has 2 rings (SSSR count). The molecule has 0 aromatic carbocycles. The standard InChI is InChI=1S/C24H38O7/c1-5-9-25-13-19(14-26-10-6-2)23(21-17-29-21)31-24(22-18-30-22)20(15-27-11-7-3)16-28-12-8-4/h5-8,19-24H,1-4,9-18H2. The maximum Gasteiger partial charge on any atom is 0.108 e. The Labute approximate surface area is 186 Å². The molecule has 2 saturated heterocycles. The van der Waals surface area contributed by atoms with Crippen LogP contribution in [0.2, 0.25) is 0 Å². The van der Waals surface area contributed by atoms with Gasteiger partial charge in [0.25, 0.3) is 0 Å². The lowest BCUT2D eigenvalue weighted by atomic mass is 9.97. The largest absolute Gasteiger partial charge is 0.377 e. The minimum Gasteiger partial charge on any atom is -0.377 e. The van der Waals surface area contributed by atoms with Gasteiger partial charge >= 0.3 is 0 Å². The third-order valence-corrected chi connectivity index (χ3v) is 4.97. The minimum absolute atomic E-state index is 0.00233. The fourth-order valence-corrected chi connectivity index (χ4v) is 3.36. The molecule has 4 unspecified atom stereocenters. The molecule has 176 valence electrons. The van der Waals surface area contributed by atoms with E-state index in [4.69, 9.17) is 33.2 Å². The van der Waals surface area contributed by atoms with E-state index in [1.807, 2.05) is 0 Å². The van der Waals surface area contributed by atoms with Crippen LogP contribution < -0.4 is 0 Å². The fraction of sp³-hybridized carbons (Fsp3) is 0.667. The number of rotatable bonds is 22. The van der Waals surface area contributed by atoms with Crippen molar-refractivity contribution in [2.24, 2.45) is 11.8 Å². The zero-order chi connectivity index (χ0) is 22.3. The van der Waals surface area contributed by atoms with Crippen LogP contribution in [0.4, 0.5) is 0 Å². The Balaban J connectivity index is 2.08. The molecule has 0 N–H and O–H groups in total. The molecular weight excluding hydrogens is 400 g/mol. The molecular formula is C24H38O7. The van der Waals surface area contributed by atoms with Crippen molar-refractivity contribution in [1.29, 1.82) is 0 Å². The average Bonchev–Trinajstić information content (AvgIpc) is 3.67. The van der Waals surface area contributed by atoms with Gasteiger partial charge in [0.2, 0.25) is 0 Å². The monoisotopic (exact) mass is 438 g/mol. The van der Waals surface area contributed by atoms with Gasteiger partial charge in [-0.25, -0.2) is 0 Å². The summed E-state index contributed by atoms with van der Waals surface area (Å²) in [6.45, 7) is 20.0. The topological polar surface area (TPSA) is 71.2 Å². The van der Waals surface area contributed by atoms with Gasteiger partial charge in [0.1, 0.15) is 12.2 Å². The molecule has 7 nitrogen and oxygen atoms in total. The van der Waals surface area contributed by atoms with Crippen LogP contribution in [0.1, 0.15) is 0 Å². The summed E-state index contributed by atoms with van der Waals surface area (Å²) in [5.41, 5.74) is 0. The summed E-state index contributed by atoms with van der Waals surface area (Å²) < 4.78 is 40.9. The maximum absolute atomic E-state index is 6.67. The van der Waals surface area contributed by atoms with Crippen molar-refractivity contribution < 1.29 is 33.2 Å². The van der Waals surface area contributed by atoms with E-state index in [9.17, 15) is 0 Å². The van der Waals surface area contributed by atoms with Crippen molar-refractivity contribution in [1.82, 2.24) is 0 Å². The van der Waals surface area contributed by atoms with E-state index in [2.05, 4.69) is 26.3 Å². The highest BCUT2D eigenvalue weighted by Crippen LogP contribution is 2.32. The van der Waals surface area contributed by atoms with Gasteiger partial charge in [0.15, 0.2) is 0 Å². The van der Waals surface area contributed by atoms with Gasteiger partial charge in [-0.3, -0.25) is 0 Å². The van der Waals surface area contributed by atoms with Gasteiger partial charge in [0, 0.05) is 11.8 Å². The Morgan fingerprint density at radius 1 is 0.613 bits per heavy atom. The molecule has 0 spiro atoms. The first-order chi connectivity index (χ1) is 15.2. The van der Waals surface area contributed by atoms with Crippen molar-refractivity contribution in [3.8, 4) is 0 Å². The first-order valence-electron chi connectivity index (χ1n) is 10.9. The van der Waals surface area contributed by atoms with Crippen molar-refractivity contribution in [2.75, 3.05) is 66.1 Å². The third-order valence-electron chi connectivity index (χ3n) is 4.97. The van der Waals surface area contributed by atoms with E-state index in [0.29, 0.717) is 66.1 Å². The maximum atomic E-state index is 6.67. The lowest BCUT2D eigenvalue weighted by Crippen LogP contribution is -2.44. The highest BCUT2D eigenvalue weighted by atomic mass is 16.6. The Morgan fingerprint density at radius 3 is 1.13 bits per heavy atom. The van der Waals surface area contributed by atoms with Crippen LogP contribution in [0.5, 0.6) is 0 Å². The van der Waals surface area contributed by atoms with Crippen LogP contribution in [0.15, 0.2) is 50.6 Å². The van der Waals surface area contributed by atoms with Crippen LogP contribution in [-0.4, -0.2) is 90.5 Å². The van der Waals surface area contributed by atoms with E-state index in [-0.39, 0.29) is 36.3 Å². The summed E-state index contributed by atoms with van der Waals surface area (Å²) in [6.07, 6.45) is 6.57. The van der Waals surface area contributed by atoms with E-state index < -0.39 is 0 Å². The molecule has 2 heterocycles. The Kier molecular flexibility index (Phi) is 12.9. The summed E-state index contributed by atoms with van der Waals surface area (Å²) in [4.78, 5) is 0. The van der Waals surface area contributed by atoms with Crippen LogP contribution in [0.25, 0.3) is 0 Å². The number of ether oxygens (including phenoxy) is 7. The van der Waals surface area contributed by atoms with Gasteiger partial charge in [-0.15, -0.1) is 26.3 Å². The summed E-state index contributed by atoms with van der Waals surface area (Å²) in [7, 11) is 0. The van der Waals surface area contributed by atoms with Crippen LogP contribution in [0, 0.1) is 11.8 Å². The highest BCUT2D eigenvalue weighted by molar-refractivity contribution is 4.92. The lowest BCUT2D eigenvalue weighted by molar-refractivity contribution is -0.131. The Hall–Kier alpha value is -1.32. The molecule has 4 atom stereocenters. The normalized spacial score (nSPS) is 21.6. The Morgan fingerprint density at radius 2 is 0.903 bits per heavy atom. The lowest BCUT2D eigenvalue weighted by Gasteiger charge is -2.33. The number of hydrogen-bond acceptors (Lipinski definition) is 7. The molecule has 0 amide bonds. The van der Waals surface area contributed by atoms with Gasteiger partial charge < -0.3 is 33.2 Å². The molecule has 2 aliphatic rings. The molecule has 0 saturated carbocycles. The molecule has 2 aliphatic heterocycles.